The predicted molar refractivity (Wildman–Crippen MR) is 269 cm³/mol. The number of aliphatic hydroxyl groups is 2. The van der Waals surface area contributed by atoms with E-state index >= 15 is 0 Å². The van der Waals surface area contributed by atoms with Gasteiger partial charge in [0.2, 0.25) is 5.91 Å². The molecular weight excluding hydrogens is 767 g/mol. The van der Waals surface area contributed by atoms with Gasteiger partial charge in [-0.05, 0) is 44.9 Å². The lowest BCUT2D eigenvalue weighted by Gasteiger charge is -2.22. The van der Waals surface area contributed by atoms with Gasteiger partial charge in [0.1, 0.15) is 0 Å². The lowest BCUT2D eigenvalue weighted by Crippen LogP contribution is -2.45. The van der Waals surface area contributed by atoms with Gasteiger partial charge < -0.3 is 20.3 Å². The predicted octanol–water partition coefficient (Wildman–Crippen LogP) is 16.9. The molecule has 6 nitrogen and oxygen atoms in total. The van der Waals surface area contributed by atoms with Gasteiger partial charge in [-0.15, -0.1) is 0 Å². The van der Waals surface area contributed by atoms with Gasteiger partial charge >= 0.3 is 5.97 Å². The molecule has 0 fully saturated rings. The third-order valence-corrected chi connectivity index (χ3v) is 13.1. The van der Waals surface area contributed by atoms with Crippen LogP contribution >= 0.6 is 0 Å². The molecule has 0 radical (unpaired) electrons. The van der Waals surface area contributed by atoms with Crippen molar-refractivity contribution in [3.8, 4) is 0 Å². The Balaban J connectivity index is 3.35. The number of nitrogens with one attached hydrogen (secondary N) is 1. The maximum Gasteiger partial charge on any atom is 0.305 e. The van der Waals surface area contributed by atoms with Crippen LogP contribution in [0.1, 0.15) is 309 Å². The Hall–Kier alpha value is -1.40. The normalized spacial score (nSPS) is 12.6. The summed E-state index contributed by atoms with van der Waals surface area (Å²) in [6.07, 6.45) is 60.6. The minimum atomic E-state index is -0.661. The summed E-state index contributed by atoms with van der Waals surface area (Å²) < 4.78 is 5.45. The Morgan fingerprint density at radius 1 is 0.435 bits per heavy atom. The molecule has 0 saturated carbocycles. The Labute approximate surface area is 387 Å². The summed E-state index contributed by atoms with van der Waals surface area (Å²) in [5.41, 5.74) is 0. The van der Waals surface area contributed by atoms with Crippen molar-refractivity contribution in [3.63, 3.8) is 0 Å². The van der Waals surface area contributed by atoms with Crippen LogP contribution in [0.5, 0.6) is 0 Å². The quantitative estimate of drug-likeness (QED) is 0.0321. The van der Waals surface area contributed by atoms with Gasteiger partial charge in [0.15, 0.2) is 0 Å². The highest BCUT2D eigenvalue weighted by Crippen LogP contribution is 2.17. The summed E-state index contributed by atoms with van der Waals surface area (Å²) in [6, 6.07) is -0.538. The molecule has 0 spiro atoms. The molecule has 3 N–H and O–H groups in total. The van der Waals surface area contributed by atoms with E-state index in [9.17, 15) is 19.8 Å². The first-order valence-corrected chi connectivity index (χ1v) is 27.9. The largest absolute Gasteiger partial charge is 0.466 e. The Morgan fingerprint density at radius 3 is 1.19 bits per heavy atom. The van der Waals surface area contributed by atoms with Crippen molar-refractivity contribution in [1.29, 1.82) is 0 Å². The lowest BCUT2D eigenvalue weighted by molar-refractivity contribution is -0.143. The van der Waals surface area contributed by atoms with Crippen molar-refractivity contribution >= 4 is 11.9 Å². The molecule has 0 saturated heterocycles. The summed E-state index contributed by atoms with van der Waals surface area (Å²) >= 11 is 0. The van der Waals surface area contributed by atoms with E-state index in [0.29, 0.717) is 25.9 Å². The van der Waals surface area contributed by atoms with Crippen LogP contribution in [0.4, 0.5) is 0 Å². The number of ether oxygens (including phenoxy) is 1. The maximum absolute atomic E-state index is 12.4. The summed E-state index contributed by atoms with van der Waals surface area (Å²) in [7, 11) is 0. The van der Waals surface area contributed by atoms with Gasteiger partial charge in [-0.25, -0.2) is 0 Å². The van der Waals surface area contributed by atoms with Crippen molar-refractivity contribution in [2.45, 2.75) is 321 Å². The first-order valence-electron chi connectivity index (χ1n) is 27.9. The monoisotopic (exact) mass is 876 g/mol. The number of esters is 1. The zero-order valence-corrected chi connectivity index (χ0v) is 41.9. The molecule has 368 valence electrons. The van der Waals surface area contributed by atoms with E-state index in [-0.39, 0.29) is 18.5 Å². The fourth-order valence-corrected chi connectivity index (χ4v) is 8.74. The zero-order chi connectivity index (χ0) is 45.1. The summed E-state index contributed by atoms with van der Waals surface area (Å²) in [5, 5.41) is 23.2. The molecule has 0 aliphatic heterocycles. The van der Waals surface area contributed by atoms with E-state index in [4.69, 9.17) is 4.74 Å². The summed E-state index contributed by atoms with van der Waals surface area (Å²) in [4.78, 5) is 24.4. The molecule has 6 heteroatoms. The summed E-state index contributed by atoms with van der Waals surface area (Å²) in [6.45, 7) is 4.91. The fraction of sp³-hybridized carbons (Fsp3) is 0.929. The number of carbonyl (C=O) groups is 2. The van der Waals surface area contributed by atoms with Crippen LogP contribution in [0.15, 0.2) is 12.2 Å². The third-order valence-electron chi connectivity index (χ3n) is 13.1. The molecule has 0 bridgehead atoms. The van der Waals surface area contributed by atoms with E-state index in [0.717, 1.165) is 44.9 Å². The number of amides is 1. The average Bonchev–Trinajstić information content (AvgIpc) is 3.27. The van der Waals surface area contributed by atoms with Crippen LogP contribution in [0, 0.1) is 0 Å². The number of rotatable bonds is 52. The molecule has 0 aliphatic rings. The third kappa shape index (κ3) is 48.1. The highest BCUT2D eigenvalue weighted by molar-refractivity contribution is 5.76. The number of hydrogen-bond acceptors (Lipinski definition) is 5. The van der Waals surface area contributed by atoms with Crippen LogP contribution in [0.2, 0.25) is 0 Å². The topological polar surface area (TPSA) is 95.9 Å². The fourth-order valence-electron chi connectivity index (χ4n) is 8.74. The number of unbranched alkanes of at least 4 members (excludes halogenated alkanes) is 39. The van der Waals surface area contributed by atoms with Gasteiger partial charge in [-0.2, -0.15) is 0 Å². The van der Waals surface area contributed by atoms with Gasteiger partial charge in [0, 0.05) is 12.8 Å². The smallest absolute Gasteiger partial charge is 0.305 e. The van der Waals surface area contributed by atoms with Gasteiger partial charge in [0.25, 0.3) is 0 Å². The standard InChI is InChI=1S/C56H109NO5/c1-3-5-7-9-11-13-28-32-36-40-44-48-54(59)53(52-58)57-55(60)49-45-41-37-33-30-26-24-22-20-18-16-15-17-19-21-23-25-27-31-35-39-43-47-51-62-56(61)50-46-42-38-34-29-14-12-10-8-6-4-2/h10,12,53-54,58-59H,3-9,11,13-52H2,1-2H3,(H,57,60)/b12-10-. The van der Waals surface area contributed by atoms with Crippen LogP contribution in [0.3, 0.4) is 0 Å². The molecular formula is C56H109NO5. The molecule has 1 amide bonds. The zero-order valence-electron chi connectivity index (χ0n) is 41.9. The SMILES string of the molecule is CCCC/C=C\CCCCCCCC(=O)OCCCCCCCCCCCCCCCCCCCCCCCCCC(=O)NC(CO)C(O)CCCCCCCCCCCCC. The summed E-state index contributed by atoms with van der Waals surface area (Å²) in [5.74, 6) is -0.0312. The molecule has 0 aliphatic carbocycles. The number of carbonyl (C=O) groups excluding carboxylic acids is 2. The van der Waals surface area contributed by atoms with Gasteiger partial charge in [-0.3, -0.25) is 9.59 Å². The number of hydrogen-bond donors (Lipinski definition) is 3. The first-order chi connectivity index (χ1) is 30.5. The molecule has 0 aromatic carbocycles. The second-order valence-corrected chi connectivity index (χ2v) is 19.3. The minimum absolute atomic E-state index is 0.00342. The average molecular weight is 876 g/mol. The van der Waals surface area contributed by atoms with E-state index in [2.05, 4.69) is 31.3 Å². The molecule has 0 heterocycles. The van der Waals surface area contributed by atoms with Crippen molar-refractivity contribution in [2.24, 2.45) is 0 Å². The highest BCUT2D eigenvalue weighted by atomic mass is 16.5. The second-order valence-electron chi connectivity index (χ2n) is 19.3. The van der Waals surface area contributed by atoms with Crippen molar-refractivity contribution in [2.75, 3.05) is 13.2 Å². The van der Waals surface area contributed by atoms with Gasteiger partial charge in [-0.1, -0.05) is 264 Å². The van der Waals surface area contributed by atoms with Crippen molar-refractivity contribution in [1.82, 2.24) is 5.32 Å². The Morgan fingerprint density at radius 2 is 0.774 bits per heavy atom. The molecule has 2 atom stereocenters. The minimum Gasteiger partial charge on any atom is -0.466 e. The lowest BCUT2D eigenvalue weighted by atomic mass is 10.0. The molecule has 2 unspecified atom stereocenters. The maximum atomic E-state index is 12.4. The van der Waals surface area contributed by atoms with E-state index in [1.165, 1.54) is 231 Å². The van der Waals surface area contributed by atoms with Crippen LogP contribution in [0.25, 0.3) is 0 Å². The van der Waals surface area contributed by atoms with Crippen LogP contribution in [-0.2, 0) is 14.3 Å². The molecule has 0 aromatic heterocycles. The second kappa shape index (κ2) is 52.2. The molecule has 0 rings (SSSR count). The molecule has 0 aromatic rings. The highest BCUT2D eigenvalue weighted by Gasteiger charge is 2.20. The van der Waals surface area contributed by atoms with Crippen LogP contribution in [-0.4, -0.2) is 47.4 Å². The van der Waals surface area contributed by atoms with E-state index in [1.54, 1.807) is 0 Å². The van der Waals surface area contributed by atoms with E-state index < -0.39 is 12.1 Å². The Kier molecular flexibility index (Phi) is 51.0. The van der Waals surface area contributed by atoms with Crippen molar-refractivity contribution < 1.29 is 24.5 Å². The number of aliphatic hydroxyl groups excluding tert-OH is 2. The first kappa shape index (κ1) is 60.6. The molecule has 62 heavy (non-hydrogen) atoms. The van der Waals surface area contributed by atoms with Gasteiger partial charge in [0.05, 0.1) is 25.4 Å². The number of allylic oxidation sites excluding steroid dienone is 2. The van der Waals surface area contributed by atoms with Crippen LogP contribution < -0.4 is 5.32 Å². The van der Waals surface area contributed by atoms with Crippen molar-refractivity contribution in [3.05, 3.63) is 12.2 Å². The van der Waals surface area contributed by atoms with E-state index in [1.807, 2.05) is 0 Å². The Bertz CT molecular complexity index is 924.